The second kappa shape index (κ2) is 5.77. The SMILES string of the molecule is CC1CC(C(=O)NCCCc2ncn[nH]2)CO1. The summed E-state index contributed by atoms with van der Waals surface area (Å²) in [7, 11) is 0. The first-order valence-corrected chi connectivity index (χ1v) is 5.99. The summed E-state index contributed by atoms with van der Waals surface area (Å²) in [4.78, 5) is 15.7. The smallest absolute Gasteiger partial charge is 0.225 e. The number of nitrogens with zero attached hydrogens (tertiary/aromatic N) is 2. The molecule has 0 saturated carbocycles. The highest BCUT2D eigenvalue weighted by molar-refractivity contribution is 5.79. The van der Waals surface area contributed by atoms with Gasteiger partial charge in [0.15, 0.2) is 0 Å². The second-order valence-electron chi connectivity index (χ2n) is 4.40. The Morgan fingerprint density at radius 1 is 1.71 bits per heavy atom. The quantitative estimate of drug-likeness (QED) is 0.722. The average molecular weight is 238 g/mol. The molecule has 0 aromatic carbocycles. The molecule has 2 heterocycles. The van der Waals surface area contributed by atoms with E-state index in [9.17, 15) is 4.79 Å². The van der Waals surface area contributed by atoms with Gasteiger partial charge < -0.3 is 10.1 Å². The third kappa shape index (κ3) is 3.52. The molecular weight excluding hydrogens is 220 g/mol. The van der Waals surface area contributed by atoms with Crippen LogP contribution in [0.25, 0.3) is 0 Å². The third-order valence-electron chi connectivity index (χ3n) is 2.92. The van der Waals surface area contributed by atoms with Crippen molar-refractivity contribution in [1.29, 1.82) is 0 Å². The van der Waals surface area contributed by atoms with Gasteiger partial charge in [0, 0.05) is 13.0 Å². The first-order valence-electron chi connectivity index (χ1n) is 5.99. The highest BCUT2D eigenvalue weighted by Crippen LogP contribution is 2.18. The maximum Gasteiger partial charge on any atom is 0.225 e. The number of carbonyl (C=O) groups excluding carboxylic acids is 1. The summed E-state index contributed by atoms with van der Waals surface area (Å²) in [5.41, 5.74) is 0. The van der Waals surface area contributed by atoms with Gasteiger partial charge in [0.2, 0.25) is 5.91 Å². The van der Waals surface area contributed by atoms with Crippen LogP contribution in [0.2, 0.25) is 0 Å². The average Bonchev–Trinajstić information content (AvgIpc) is 2.95. The van der Waals surface area contributed by atoms with Crippen LogP contribution in [-0.2, 0) is 16.0 Å². The van der Waals surface area contributed by atoms with Crippen LogP contribution in [-0.4, -0.2) is 40.3 Å². The molecule has 2 atom stereocenters. The molecule has 17 heavy (non-hydrogen) atoms. The van der Waals surface area contributed by atoms with Gasteiger partial charge in [-0.2, -0.15) is 5.10 Å². The maximum absolute atomic E-state index is 11.7. The zero-order chi connectivity index (χ0) is 12.1. The molecule has 2 N–H and O–H groups in total. The van der Waals surface area contributed by atoms with E-state index in [4.69, 9.17) is 4.74 Å². The standard InChI is InChI=1S/C11H18N4O2/c1-8-5-9(6-17-8)11(16)12-4-2-3-10-13-7-14-15-10/h7-9H,2-6H2,1H3,(H,12,16)(H,13,14,15). The summed E-state index contributed by atoms with van der Waals surface area (Å²) in [5.74, 6) is 0.985. The molecule has 1 fully saturated rings. The number of ether oxygens (including phenoxy) is 1. The van der Waals surface area contributed by atoms with Gasteiger partial charge in [-0.25, -0.2) is 4.98 Å². The predicted octanol–water partition coefficient (Wildman–Crippen LogP) is 0.278. The lowest BCUT2D eigenvalue weighted by Gasteiger charge is -2.08. The third-order valence-corrected chi connectivity index (χ3v) is 2.92. The highest BCUT2D eigenvalue weighted by atomic mass is 16.5. The van der Waals surface area contributed by atoms with Crippen LogP contribution >= 0.6 is 0 Å². The Labute approximate surface area is 100 Å². The van der Waals surface area contributed by atoms with Crippen molar-refractivity contribution in [2.75, 3.05) is 13.2 Å². The van der Waals surface area contributed by atoms with Crippen LogP contribution in [0.4, 0.5) is 0 Å². The van der Waals surface area contributed by atoms with Crippen molar-refractivity contribution in [2.24, 2.45) is 5.92 Å². The van der Waals surface area contributed by atoms with Gasteiger partial charge in [0.1, 0.15) is 12.2 Å². The van der Waals surface area contributed by atoms with Crippen LogP contribution in [0.5, 0.6) is 0 Å². The van der Waals surface area contributed by atoms with Crippen LogP contribution in [0, 0.1) is 5.92 Å². The first kappa shape index (κ1) is 12.0. The number of H-pyrrole nitrogens is 1. The Morgan fingerprint density at radius 2 is 2.59 bits per heavy atom. The Kier molecular flexibility index (Phi) is 4.08. The predicted molar refractivity (Wildman–Crippen MR) is 61.2 cm³/mol. The van der Waals surface area contributed by atoms with E-state index in [1.54, 1.807) is 0 Å². The number of rotatable bonds is 5. The number of aromatic nitrogens is 3. The fourth-order valence-corrected chi connectivity index (χ4v) is 1.96. The van der Waals surface area contributed by atoms with Crippen molar-refractivity contribution < 1.29 is 9.53 Å². The van der Waals surface area contributed by atoms with E-state index in [2.05, 4.69) is 20.5 Å². The van der Waals surface area contributed by atoms with Gasteiger partial charge in [0.25, 0.3) is 0 Å². The minimum Gasteiger partial charge on any atom is -0.378 e. The van der Waals surface area contributed by atoms with E-state index in [0.29, 0.717) is 13.2 Å². The molecule has 6 nitrogen and oxygen atoms in total. The van der Waals surface area contributed by atoms with Crippen molar-refractivity contribution in [3.05, 3.63) is 12.2 Å². The van der Waals surface area contributed by atoms with Gasteiger partial charge in [-0.05, 0) is 19.8 Å². The summed E-state index contributed by atoms with van der Waals surface area (Å²) in [6, 6.07) is 0. The Bertz CT molecular complexity index is 352. The van der Waals surface area contributed by atoms with Gasteiger partial charge in [-0.15, -0.1) is 0 Å². The fraction of sp³-hybridized carbons (Fsp3) is 0.727. The summed E-state index contributed by atoms with van der Waals surface area (Å²) in [5, 5.41) is 9.49. The number of aromatic amines is 1. The van der Waals surface area contributed by atoms with Crippen LogP contribution in [0.1, 0.15) is 25.6 Å². The topological polar surface area (TPSA) is 79.9 Å². The molecule has 1 saturated heterocycles. The molecule has 0 radical (unpaired) electrons. The van der Waals surface area contributed by atoms with E-state index in [1.807, 2.05) is 6.92 Å². The number of nitrogens with one attached hydrogen (secondary N) is 2. The molecule has 0 aliphatic carbocycles. The molecule has 1 aliphatic rings. The minimum atomic E-state index is 0.0234. The molecule has 1 aliphatic heterocycles. The Balaban J connectivity index is 1.60. The zero-order valence-corrected chi connectivity index (χ0v) is 9.98. The number of aryl methyl sites for hydroxylation is 1. The van der Waals surface area contributed by atoms with Gasteiger partial charge in [-0.3, -0.25) is 9.89 Å². The van der Waals surface area contributed by atoms with Gasteiger partial charge >= 0.3 is 0 Å². The summed E-state index contributed by atoms with van der Waals surface area (Å²) < 4.78 is 5.37. The van der Waals surface area contributed by atoms with Crippen LogP contribution < -0.4 is 5.32 Å². The molecule has 0 bridgehead atoms. The lowest BCUT2D eigenvalue weighted by Crippen LogP contribution is -2.32. The number of hydrogen-bond donors (Lipinski definition) is 2. The van der Waals surface area contributed by atoms with Crippen molar-refractivity contribution in [2.45, 2.75) is 32.3 Å². The molecule has 94 valence electrons. The van der Waals surface area contributed by atoms with E-state index >= 15 is 0 Å². The van der Waals surface area contributed by atoms with Crippen LogP contribution in [0.3, 0.4) is 0 Å². The van der Waals surface area contributed by atoms with Crippen molar-refractivity contribution in [1.82, 2.24) is 20.5 Å². The lowest BCUT2D eigenvalue weighted by atomic mass is 10.1. The van der Waals surface area contributed by atoms with E-state index in [0.717, 1.165) is 25.1 Å². The second-order valence-corrected chi connectivity index (χ2v) is 4.40. The number of hydrogen-bond acceptors (Lipinski definition) is 4. The normalized spacial score (nSPS) is 23.8. The zero-order valence-electron chi connectivity index (χ0n) is 9.98. The molecule has 1 aromatic heterocycles. The largest absolute Gasteiger partial charge is 0.378 e. The molecule has 1 aromatic rings. The van der Waals surface area contributed by atoms with Crippen LogP contribution in [0.15, 0.2) is 6.33 Å². The molecular formula is C11H18N4O2. The van der Waals surface area contributed by atoms with Crippen molar-refractivity contribution in [3.8, 4) is 0 Å². The molecule has 1 amide bonds. The van der Waals surface area contributed by atoms with Crippen molar-refractivity contribution in [3.63, 3.8) is 0 Å². The molecule has 6 heteroatoms. The highest BCUT2D eigenvalue weighted by Gasteiger charge is 2.27. The molecule has 0 spiro atoms. The minimum absolute atomic E-state index is 0.0234. The van der Waals surface area contributed by atoms with Gasteiger partial charge in [-0.1, -0.05) is 0 Å². The monoisotopic (exact) mass is 238 g/mol. The Hall–Kier alpha value is -1.43. The number of amides is 1. The maximum atomic E-state index is 11.7. The molecule has 2 unspecified atom stereocenters. The fourth-order valence-electron chi connectivity index (χ4n) is 1.96. The summed E-state index contributed by atoms with van der Waals surface area (Å²) in [6.07, 6.45) is 4.20. The molecule has 2 rings (SSSR count). The van der Waals surface area contributed by atoms with Gasteiger partial charge in [0.05, 0.1) is 18.6 Å². The Morgan fingerprint density at radius 3 is 3.24 bits per heavy atom. The van der Waals surface area contributed by atoms with E-state index in [1.165, 1.54) is 6.33 Å². The first-order chi connectivity index (χ1) is 8.25. The number of carbonyl (C=O) groups is 1. The summed E-state index contributed by atoms with van der Waals surface area (Å²) in [6.45, 7) is 3.22. The summed E-state index contributed by atoms with van der Waals surface area (Å²) >= 11 is 0. The lowest BCUT2D eigenvalue weighted by molar-refractivity contribution is -0.124. The van der Waals surface area contributed by atoms with Crippen molar-refractivity contribution >= 4 is 5.91 Å². The van der Waals surface area contributed by atoms with E-state index < -0.39 is 0 Å². The van der Waals surface area contributed by atoms with E-state index in [-0.39, 0.29) is 17.9 Å².